The lowest BCUT2D eigenvalue weighted by atomic mass is 9.95. The predicted molar refractivity (Wildman–Crippen MR) is 165 cm³/mol. The maximum Gasteiger partial charge on any atom is 0.229 e. The maximum absolute atomic E-state index is 13.1. The highest BCUT2D eigenvalue weighted by Gasteiger charge is 2.52. The lowest BCUT2D eigenvalue weighted by molar-refractivity contribution is -0.360. The summed E-state index contributed by atoms with van der Waals surface area (Å²) >= 11 is 0. The van der Waals surface area contributed by atoms with Crippen molar-refractivity contribution in [2.75, 3.05) is 6.61 Å². The number of hydrogen-bond acceptors (Lipinski definition) is 18. The zero-order valence-corrected chi connectivity index (χ0v) is 27.4. The fourth-order valence-corrected chi connectivity index (χ4v) is 6.40. The minimum atomic E-state index is -1.88. The normalized spacial score (nSPS) is 41.4. The number of carbonyl (C=O) groups is 1. The zero-order valence-electron chi connectivity index (χ0n) is 27.4. The Labute approximate surface area is 290 Å². The van der Waals surface area contributed by atoms with Crippen LogP contribution in [0.2, 0.25) is 0 Å². The van der Waals surface area contributed by atoms with Gasteiger partial charge in [-0.15, -0.1) is 0 Å². The van der Waals surface area contributed by atoms with Crippen LogP contribution in [0.4, 0.5) is 0 Å². The second-order valence-corrected chi connectivity index (χ2v) is 13.1. The topological polar surface area (TPSA) is 284 Å². The lowest BCUT2D eigenvalue weighted by Gasteiger charge is -2.46. The van der Waals surface area contributed by atoms with Crippen molar-refractivity contribution in [3.63, 3.8) is 0 Å². The number of ketones is 1. The summed E-state index contributed by atoms with van der Waals surface area (Å²) in [5.74, 6) is -1.18. The molecule has 18 nitrogen and oxygen atoms in total. The number of fused-ring (bicyclic) bond motifs is 1. The van der Waals surface area contributed by atoms with E-state index in [0.717, 1.165) is 6.07 Å². The molecule has 2 aromatic carbocycles. The Morgan fingerprint density at radius 1 is 0.706 bits per heavy atom. The van der Waals surface area contributed by atoms with Crippen LogP contribution in [-0.2, 0) is 23.7 Å². The van der Waals surface area contributed by atoms with Crippen LogP contribution in [0.15, 0.2) is 36.4 Å². The first-order valence-corrected chi connectivity index (χ1v) is 16.3. The molecule has 0 unspecified atom stereocenters. The molecule has 6 rings (SSSR count). The second kappa shape index (κ2) is 15.0. The summed E-state index contributed by atoms with van der Waals surface area (Å²) in [5, 5.41) is 104. The van der Waals surface area contributed by atoms with Crippen molar-refractivity contribution in [3.8, 4) is 23.0 Å². The van der Waals surface area contributed by atoms with Gasteiger partial charge >= 0.3 is 0 Å². The first kappa shape index (κ1) is 37.5. The number of phenolic OH excluding ortho intramolecular Hbond substituents is 2. The third-order valence-corrected chi connectivity index (χ3v) is 9.47. The van der Waals surface area contributed by atoms with Crippen molar-refractivity contribution in [3.05, 3.63) is 47.5 Å². The van der Waals surface area contributed by atoms with Crippen LogP contribution in [0.5, 0.6) is 23.0 Å². The molecule has 0 spiro atoms. The van der Waals surface area contributed by atoms with Crippen LogP contribution in [0.3, 0.4) is 0 Å². The molecule has 51 heavy (non-hydrogen) atoms. The molecule has 0 amide bonds. The average Bonchev–Trinajstić information content (AvgIpc) is 3.09. The van der Waals surface area contributed by atoms with Crippen LogP contribution in [0, 0.1) is 0 Å². The minimum Gasteiger partial charge on any atom is -0.508 e. The summed E-state index contributed by atoms with van der Waals surface area (Å²) in [6.45, 7) is 2.27. The van der Waals surface area contributed by atoms with Gasteiger partial charge in [0.15, 0.2) is 24.5 Å². The monoisotopic (exact) mass is 726 g/mol. The summed E-state index contributed by atoms with van der Waals surface area (Å²) in [5.41, 5.74) is 0.446. The number of carbonyl (C=O) groups excluding carboxylic acids is 1. The van der Waals surface area contributed by atoms with Gasteiger partial charge in [-0.2, -0.15) is 0 Å². The van der Waals surface area contributed by atoms with E-state index >= 15 is 0 Å². The van der Waals surface area contributed by atoms with E-state index in [-0.39, 0.29) is 29.2 Å². The van der Waals surface area contributed by atoms with Crippen molar-refractivity contribution in [2.24, 2.45) is 0 Å². The third-order valence-electron chi connectivity index (χ3n) is 9.47. The van der Waals surface area contributed by atoms with Crippen molar-refractivity contribution >= 4 is 5.78 Å². The molecule has 18 heteroatoms. The molecule has 0 radical (unpaired) electrons. The number of aromatic hydroxyl groups is 2. The van der Waals surface area contributed by atoms with Gasteiger partial charge in [-0.3, -0.25) is 4.79 Å². The summed E-state index contributed by atoms with van der Waals surface area (Å²) < 4.78 is 40.3. The molecular weight excluding hydrogens is 684 g/mol. The Hall–Kier alpha value is -3.21. The van der Waals surface area contributed by atoms with E-state index in [4.69, 9.17) is 33.2 Å². The highest BCUT2D eigenvalue weighted by Crippen LogP contribution is 2.43. The average molecular weight is 727 g/mol. The summed E-state index contributed by atoms with van der Waals surface area (Å²) in [7, 11) is 0. The van der Waals surface area contributed by atoms with Gasteiger partial charge in [-0.25, -0.2) is 0 Å². The number of Topliss-reactive ketones (excluding diaryl/α,β-unsaturated/α-hetero) is 1. The first-order valence-electron chi connectivity index (χ1n) is 16.3. The highest BCUT2D eigenvalue weighted by molar-refractivity contribution is 6.02. The number of benzene rings is 2. The molecule has 4 aliphatic heterocycles. The van der Waals surface area contributed by atoms with Crippen molar-refractivity contribution in [1.82, 2.24) is 0 Å². The van der Waals surface area contributed by atoms with Crippen molar-refractivity contribution in [1.29, 1.82) is 0 Å². The Kier molecular flexibility index (Phi) is 11.1. The van der Waals surface area contributed by atoms with Crippen LogP contribution < -0.4 is 9.47 Å². The molecule has 0 saturated carbocycles. The zero-order chi connectivity index (χ0) is 36.9. The summed E-state index contributed by atoms with van der Waals surface area (Å²) in [6, 6.07) is 8.36. The standard InChI is InChI=1S/C33H42O18/c1-11-22(37)25(40)28(43)31(46-11)45-10-20-24(39)27(42)30(51-32-29(44)26(41)23(38)12(2)47-32)33(50-20)48-15-7-16(35)21-17(36)9-18(49-19(21)8-15)13-3-5-14(34)6-4-13/h3-8,11-12,18,20,22-35,37-44H,9-10H2,1-2H3/t11-,12-,18-,20+,22-,23-,24+,25+,26+,27-,28+,29+,30+,31+,32-,33+/m0/s1. The molecular formula is C33H42O18. The quantitative estimate of drug-likeness (QED) is 0.137. The van der Waals surface area contributed by atoms with Crippen LogP contribution in [-0.4, -0.2) is 156 Å². The van der Waals surface area contributed by atoms with Gasteiger partial charge in [0.05, 0.1) is 25.2 Å². The highest BCUT2D eigenvalue weighted by atomic mass is 16.8. The van der Waals surface area contributed by atoms with E-state index < -0.39 is 116 Å². The number of rotatable bonds is 8. The van der Waals surface area contributed by atoms with Gasteiger partial charge in [0.1, 0.15) is 89.6 Å². The molecule has 0 aromatic heterocycles. The van der Waals surface area contributed by atoms with Gasteiger partial charge in [0, 0.05) is 12.1 Å². The molecule has 282 valence electrons. The number of phenols is 2. The first-order chi connectivity index (χ1) is 24.1. The van der Waals surface area contributed by atoms with Gasteiger partial charge in [0.2, 0.25) is 6.29 Å². The number of ether oxygens (including phenoxy) is 7. The Morgan fingerprint density at radius 2 is 1.31 bits per heavy atom. The minimum absolute atomic E-state index is 0.00886. The Bertz CT molecular complexity index is 1520. The van der Waals surface area contributed by atoms with Gasteiger partial charge in [-0.05, 0) is 31.5 Å². The third kappa shape index (κ3) is 7.51. The Balaban J connectivity index is 1.26. The van der Waals surface area contributed by atoms with E-state index in [9.17, 15) is 55.9 Å². The molecule has 3 fully saturated rings. The van der Waals surface area contributed by atoms with Gasteiger partial charge in [0.25, 0.3) is 0 Å². The largest absolute Gasteiger partial charge is 0.508 e. The van der Waals surface area contributed by atoms with E-state index in [0.29, 0.717) is 5.56 Å². The SMILES string of the molecule is C[C@@H]1O[C@@H](OC[C@H]2O[C@@H](Oc3cc(O)c4c(c3)O[C@H](c3ccc(O)cc3)CC4=O)[C@H](O[C@@H]3O[C@@H](C)[C@H](O)[C@@H](O)[C@H]3O)[C@@H](O)[C@@H]2O)[C@H](O)[C@H](O)[C@H]1O. The van der Waals surface area contributed by atoms with Crippen LogP contribution in [0.25, 0.3) is 0 Å². The van der Waals surface area contributed by atoms with E-state index in [2.05, 4.69) is 0 Å². The molecule has 10 N–H and O–H groups in total. The molecule has 4 heterocycles. The molecule has 3 saturated heterocycles. The van der Waals surface area contributed by atoms with E-state index in [1.54, 1.807) is 12.1 Å². The second-order valence-electron chi connectivity index (χ2n) is 13.1. The van der Waals surface area contributed by atoms with Crippen LogP contribution >= 0.6 is 0 Å². The van der Waals surface area contributed by atoms with Crippen molar-refractivity contribution < 1.29 is 89.0 Å². The van der Waals surface area contributed by atoms with Crippen LogP contribution in [0.1, 0.15) is 42.3 Å². The fourth-order valence-electron chi connectivity index (χ4n) is 6.40. The molecule has 16 atom stereocenters. The molecule has 4 aliphatic rings. The molecule has 0 bridgehead atoms. The maximum atomic E-state index is 13.1. The molecule has 2 aromatic rings. The number of aliphatic hydroxyl groups is 8. The van der Waals surface area contributed by atoms with E-state index in [1.165, 1.54) is 32.0 Å². The van der Waals surface area contributed by atoms with Gasteiger partial charge < -0.3 is 84.2 Å². The van der Waals surface area contributed by atoms with Gasteiger partial charge in [-0.1, -0.05) is 12.1 Å². The summed E-state index contributed by atoms with van der Waals surface area (Å²) in [6.07, 6.45) is -24.2. The fraction of sp³-hybridized carbons (Fsp3) is 0.606. The lowest BCUT2D eigenvalue weighted by Crippen LogP contribution is -2.65. The van der Waals surface area contributed by atoms with Crippen molar-refractivity contribution in [2.45, 2.75) is 118 Å². The number of hydrogen-bond donors (Lipinski definition) is 10. The smallest absolute Gasteiger partial charge is 0.229 e. The molecule has 0 aliphatic carbocycles. The van der Waals surface area contributed by atoms with E-state index in [1.807, 2.05) is 0 Å². The Morgan fingerprint density at radius 3 is 1.96 bits per heavy atom. The predicted octanol–water partition coefficient (Wildman–Crippen LogP) is -2.31. The summed E-state index contributed by atoms with van der Waals surface area (Å²) in [4.78, 5) is 13.1. The number of aliphatic hydroxyl groups excluding tert-OH is 8.